The first-order valence-electron chi connectivity index (χ1n) is 10.6. The maximum atomic E-state index is 13.2. The van der Waals surface area contributed by atoms with Crippen LogP contribution in [-0.4, -0.2) is 44.7 Å². The number of nitrogens with zero attached hydrogens (tertiary/aromatic N) is 4. The van der Waals surface area contributed by atoms with E-state index >= 15 is 0 Å². The van der Waals surface area contributed by atoms with Crippen LogP contribution in [0.3, 0.4) is 0 Å². The van der Waals surface area contributed by atoms with Gasteiger partial charge in [-0.05, 0) is 51.2 Å². The molecule has 0 spiro atoms. The van der Waals surface area contributed by atoms with Crippen molar-refractivity contribution in [3.05, 3.63) is 46.5 Å². The van der Waals surface area contributed by atoms with Crippen LogP contribution >= 0.6 is 0 Å². The maximum absolute atomic E-state index is 13.2. The zero-order valence-electron chi connectivity index (χ0n) is 17.1. The number of nitrogens with one attached hydrogen (secondary N) is 1. The number of hydrogen-bond donors (Lipinski definition) is 1. The highest BCUT2D eigenvalue weighted by Crippen LogP contribution is 2.26. The summed E-state index contributed by atoms with van der Waals surface area (Å²) in [7, 11) is 1.97. The highest BCUT2D eigenvalue weighted by atomic mass is 16.2. The molecule has 1 aliphatic heterocycles. The Bertz CT molecular complexity index is 835. The minimum atomic E-state index is 0.125. The lowest BCUT2D eigenvalue weighted by Gasteiger charge is -2.25. The van der Waals surface area contributed by atoms with E-state index in [1.807, 2.05) is 29.6 Å². The second kappa shape index (κ2) is 8.43. The molecule has 1 unspecified atom stereocenters. The van der Waals surface area contributed by atoms with E-state index < -0.39 is 0 Å². The van der Waals surface area contributed by atoms with E-state index in [1.165, 1.54) is 18.5 Å². The van der Waals surface area contributed by atoms with Crippen LogP contribution in [0.25, 0.3) is 0 Å². The molecule has 0 saturated carbocycles. The van der Waals surface area contributed by atoms with Crippen molar-refractivity contribution in [2.24, 2.45) is 7.05 Å². The molecule has 0 bridgehead atoms. The number of aromatic nitrogens is 3. The minimum Gasteiger partial charge on any atom is -0.337 e. The Morgan fingerprint density at radius 2 is 2.00 bits per heavy atom. The van der Waals surface area contributed by atoms with Crippen LogP contribution in [0.1, 0.15) is 65.2 Å². The van der Waals surface area contributed by atoms with Crippen molar-refractivity contribution in [3.63, 3.8) is 0 Å². The number of aryl methyl sites for hydroxylation is 2. The predicted molar refractivity (Wildman–Crippen MR) is 109 cm³/mol. The zero-order chi connectivity index (χ0) is 19.5. The summed E-state index contributed by atoms with van der Waals surface area (Å²) in [5.74, 6) is 0.125. The summed E-state index contributed by atoms with van der Waals surface area (Å²) in [6.07, 6.45) is 7.56. The topological polar surface area (TPSA) is 63.1 Å². The molecule has 0 radical (unpaired) electrons. The predicted octanol–water partition coefficient (Wildman–Crippen LogP) is 2.79. The summed E-state index contributed by atoms with van der Waals surface area (Å²) in [4.78, 5) is 19.8. The molecule has 0 aromatic carbocycles. The first-order chi connectivity index (χ1) is 13.6. The van der Waals surface area contributed by atoms with Gasteiger partial charge in [-0.25, -0.2) is 0 Å². The summed E-state index contributed by atoms with van der Waals surface area (Å²) in [6, 6.07) is 6.49. The third-order valence-electron chi connectivity index (χ3n) is 6.07. The van der Waals surface area contributed by atoms with E-state index in [0.717, 1.165) is 68.7 Å². The Morgan fingerprint density at radius 3 is 2.75 bits per heavy atom. The first kappa shape index (κ1) is 19.1. The van der Waals surface area contributed by atoms with Gasteiger partial charge in [0.2, 0.25) is 0 Å². The molecule has 1 amide bonds. The number of carbonyl (C=O) groups excluding carboxylic acids is 1. The molecule has 2 aromatic rings. The number of rotatable bonds is 4. The summed E-state index contributed by atoms with van der Waals surface area (Å²) in [5.41, 5.74) is 5.17. The summed E-state index contributed by atoms with van der Waals surface area (Å²) < 4.78 is 1.93. The fraction of sp³-hybridized carbons (Fsp3) is 0.591. The van der Waals surface area contributed by atoms with Crippen molar-refractivity contribution in [1.29, 1.82) is 0 Å². The van der Waals surface area contributed by atoms with Gasteiger partial charge in [0, 0.05) is 49.7 Å². The number of carbonyl (C=O) groups is 1. The first-order valence-corrected chi connectivity index (χ1v) is 10.6. The fourth-order valence-electron chi connectivity index (χ4n) is 4.51. The largest absolute Gasteiger partial charge is 0.337 e. The van der Waals surface area contributed by atoms with Gasteiger partial charge in [0.05, 0.1) is 5.69 Å². The molecule has 150 valence electrons. The molecule has 3 heterocycles. The van der Waals surface area contributed by atoms with Gasteiger partial charge in [-0.15, -0.1) is 0 Å². The smallest absolute Gasteiger partial charge is 0.274 e. The van der Waals surface area contributed by atoms with Crippen molar-refractivity contribution < 1.29 is 4.79 Å². The molecule has 2 aromatic heterocycles. The van der Waals surface area contributed by atoms with Crippen LogP contribution < -0.4 is 5.32 Å². The molecule has 2 aliphatic rings. The van der Waals surface area contributed by atoms with Crippen LogP contribution in [0.2, 0.25) is 0 Å². The van der Waals surface area contributed by atoms with Crippen LogP contribution in [0.15, 0.2) is 18.2 Å². The number of pyridine rings is 1. The Morgan fingerprint density at radius 1 is 1.21 bits per heavy atom. The van der Waals surface area contributed by atoms with Gasteiger partial charge in [-0.2, -0.15) is 5.10 Å². The Hall–Kier alpha value is -2.21. The Labute approximate surface area is 167 Å². The molecule has 1 fully saturated rings. The van der Waals surface area contributed by atoms with Gasteiger partial charge in [-0.1, -0.05) is 18.9 Å². The van der Waals surface area contributed by atoms with E-state index in [4.69, 9.17) is 0 Å². The van der Waals surface area contributed by atoms with Crippen LogP contribution in [0.4, 0.5) is 0 Å². The van der Waals surface area contributed by atoms with Crippen LogP contribution in [0, 0.1) is 6.92 Å². The second-order valence-corrected chi connectivity index (χ2v) is 8.19. The molecule has 6 heteroatoms. The molecule has 1 saturated heterocycles. The van der Waals surface area contributed by atoms with Gasteiger partial charge in [0.15, 0.2) is 5.69 Å². The van der Waals surface area contributed by atoms with Crippen LogP contribution in [-0.2, 0) is 26.4 Å². The zero-order valence-corrected chi connectivity index (χ0v) is 17.1. The highest BCUT2D eigenvalue weighted by Gasteiger charge is 2.30. The molecule has 1 N–H and O–H groups in total. The average Bonchev–Trinajstić information content (AvgIpc) is 2.87. The lowest BCUT2D eigenvalue weighted by molar-refractivity contribution is 0.0753. The standard InChI is InChI=1S/C22H31N5O/c1-16-8-7-9-18(24-16)15-23-17-10-11-20-19(14-17)21(25-26(20)2)22(28)27-12-5-3-4-6-13-27/h7-9,17,23H,3-6,10-15H2,1-2H3. The van der Waals surface area contributed by atoms with Gasteiger partial charge < -0.3 is 10.2 Å². The van der Waals surface area contributed by atoms with E-state index in [9.17, 15) is 4.79 Å². The third kappa shape index (κ3) is 4.12. The third-order valence-corrected chi connectivity index (χ3v) is 6.07. The molecule has 4 rings (SSSR count). The van der Waals surface area contributed by atoms with E-state index in [0.29, 0.717) is 11.7 Å². The van der Waals surface area contributed by atoms with E-state index in [-0.39, 0.29) is 5.91 Å². The van der Waals surface area contributed by atoms with E-state index in [2.05, 4.69) is 27.5 Å². The quantitative estimate of drug-likeness (QED) is 0.885. The number of hydrogen-bond acceptors (Lipinski definition) is 4. The fourth-order valence-corrected chi connectivity index (χ4v) is 4.51. The van der Waals surface area contributed by atoms with Crippen molar-refractivity contribution in [3.8, 4) is 0 Å². The second-order valence-electron chi connectivity index (χ2n) is 8.19. The summed E-state index contributed by atoms with van der Waals surface area (Å²) in [5, 5.41) is 8.29. The van der Waals surface area contributed by atoms with Gasteiger partial charge in [0.1, 0.15) is 0 Å². The van der Waals surface area contributed by atoms with E-state index in [1.54, 1.807) is 0 Å². The average molecular weight is 382 g/mol. The van der Waals surface area contributed by atoms with Crippen molar-refractivity contribution >= 4 is 5.91 Å². The number of fused-ring (bicyclic) bond motifs is 1. The minimum absolute atomic E-state index is 0.125. The monoisotopic (exact) mass is 381 g/mol. The summed E-state index contributed by atoms with van der Waals surface area (Å²) in [6.45, 7) is 4.51. The number of likely N-dealkylation sites (tertiary alicyclic amines) is 1. The van der Waals surface area contributed by atoms with Gasteiger partial charge >= 0.3 is 0 Å². The Kier molecular flexibility index (Phi) is 5.76. The molecule has 1 aliphatic carbocycles. The lowest BCUT2D eigenvalue weighted by atomic mass is 9.91. The molecule has 1 atom stereocenters. The highest BCUT2D eigenvalue weighted by molar-refractivity contribution is 5.94. The normalized spacial score (nSPS) is 19.9. The molecular formula is C22H31N5O. The van der Waals surface area contributed by atoms with Gasteiger partial charge in [0.25, 0.3) is 5.91 Å². The SMILES string of the molecule is Cc1cccc(CNC2CCc3c(c(C(=O)N4CCCCCC4)nn3C)C2)n1. The Balaban J connectivity index is 1.47. The molecule has 28 heavy (non-hydrogen) atoms. The van der Waals surface area contributed by atoms with Crippen LogP contribution in [0.5, 0.6) is 0 Å². The molecule has 6 nitrogen and oxygen atoms in total. The van der Waals surface area contributed by atoms with Crippen molar-refractivity contribution in [2.75, 3.05) is 13.1 Å². The van der Waals surface area contributed by atoms with Crippen molar-refractivity contribution in [1.82, 2.24) is 25.0 Å². The number of amides is 1. The van der Waals surface area contributed by atoms with Gasteiger partial charge in [-0.3, -0.25) is 14.5 Å². The summed E-state index contributed by atoms with van der Waals surface area (Å²) >= 11 is 0. The van der Waals surface area contributed by atoms with Crippen molar-refractivity contribution in [2.45, 2.75) is 64.5 Å². The maximum Gasteiger partial charge on any atom is 0.274 e. The lowest BCUT2D eigenvalue weighted by Crippen LogP contribution is -2.36. The molecular weight excluding hydrogens is 350 g/mol.